The van der Waals surface area contributed by atoms with E-state index in [1.165, 1.54) is 12.1 Å². The van der Waals surface area contributed by atoms with E-state index in [9.17, 15) is 9.18 Å². The normalized spacial score (nSPS) is 24.1. The lowest BCUT2D eigenvalue weighted by molar-refractivity contribution is -0.124. The summed E-state index contributed by atoms with van der Waals surface area (Å²) in [5, 5.41) is 2.47. The molecule has 3 N–H and O–H groups in total. The minimum Gasteiger partial charge on any atom is -0.370 e. The molecule has 1 atom stereocenters. The number of nitrogens with one attached hydrogen (secondary N) is 1. The van der Waals surface area contributed by atoms with Gasteiger partial charge >= 0.3 is 0 Å². The van der Waals surface area contributed by atoms with Crippen LogP contribution in [0, 0.1) is 5.82 Å². The van der Waals surface area contributed by atoms with Crippen molar-refractivity contribution in [2.75, 3.05) is 0 Å². The molecule has 0 saturated carbocycles. The number of amides is 1. The van der Waals surface area contributed by atoms with Crippen molar-refractivity contribution in [3.05, 3.63) is 35.6 Å². The number of benzene rings is 1. The Labute approximate surface area is 92.4 Å². The molecule has 1 aromatic rings. The second-order valence-corrected chi connectivity index (χ2v) is 3.67. The topological polar surface area (TPSA) is 67.5 Å². The van der Waals surface area contributed by atoms with Gasteiger partial charge in [-0.1, -0.05) is 19.1 Å². The first kappa shape index (κ1) is 10.6. The van der Waals surface area contributed by atoms with Crippen LogP contribution in [0.3, 0.4) is 0 Å². The monoisotopic (exact) mass is 221 g/mol. The van der Waals surface area contributed by atoms with Crippen molar-refractivity contribution < 1.29 is 9.18 Å². The fourth-order valence-electron chi connectivity index (χ4n) is 1.87. The van der Waals surface area contributed by atoms with E-state index in [-0.39, 0.29) is 17.7 Å². The summed E-state index contributed by atoms with van der Waals surface area (Å²) in [5.74, 6) is -0.499. The summed E-state index contributed by atoms with van der Waals surface area (Å²) in [7, 11) is 0. The van der Waals surface area contributed by atoms with Crippen molar-refractivity contribution in [1.82, 2.24) is 5.32 Å². The van der Waals surface area contributed by atoms with Gasteiger partial charge in [0.25, 0.3) is 5.91 Å². The molecule has 0 bridgehead atoms. The molecule has 1 amide bonds. The maximum Gasteiger partial charge on any atom is 0.259 e. The quantitative estimate of drug-likeness (QED) is 0.778. The molecule has 1 aromatic carbocycles. The number of rotatable bonds is 2. The summed E-state index contributed by atoms with van der Waals surface area (Å²) in [6.45, 7) is 1.84. The zero-order valence-electron chi connectivity index (χ0n) is 8.83. The van der Waals surface area contributed by atoms with Gasteiger partial charge in [-0.05, 0) is 24.1 Å². The summed E-state index contributed by atoms with van der Waals surface area (Å²) in [6, 6.07) is 5.73. The number of hydrogen-bond donors (Lipinski definition) is 2. The van der Waals surface area contributed by atoms with Crippen LogP contribution in [0.15, 0.2) is 29.3 Å². The van der Waals surface area contributed by atoms with Crippen molar-refractivity contribution in [2.45, 2.75) is 18.9 Å². The second-order valence-electron chi connectivity index (χ2n) is 3.67. The Kier molecular flexibility index (Phi) is 2.38. The third kappa shape index (κ3) is 1.44. The Bertz CT molecular complexity index is 455. The molecule has 0 saturated heterocycles. The first-order valence-corrected chi connectivity index (χ1v) is 5.01. The molecule has 4 nitrogen and oxygen atoms in total. The Balaban J connectivity index is 2.50. The van der Waals surface area contributed by atoms with Crippen LogP contribution in [0.4, 0.5) is 4.39 Å². The lowest BCUT2D eigenvalue weighted by Crippen LogP contribution is -2.38. The molecule has 84 valence electrons. The lowest BCUT2D eigenvalue weighted by atomic mass is 9.88. The van der Waals surface area contributed by atoms with Gasteiger partial charge in [0.2, 0.25) is 0 Å². The number of nitrogens with two attached hydrogens (primary N) is 1. The molecule has 0 fully saturated rings. The van der Waals surface area contributed by atoms with E-state index in [0.29, 0.717) is 12.0 Å². The summed E-state index contributed by atoms with van der Waals surface area (Å²) < 4.78 is 12.8. The number of carbonyl (C=O) groups excluding carboxylic acids is 1. The van der Waals surface area contributed by atoms with Gasteiger partial charge in [0.05, 0.1) is 0 Å². The molecule has 0 aliphatic carbocycles. The maximum absolute atomic E-state index is 12.8. The average Bonchev–Trinajstić information content (AvgIpc) is 2.55. The number of hydrogen-bond acceptors (Lipinski definition) is 3. The Morgan fingerprint density at radius 2 is 2.06 bits per heavy atom. The number of carbonyl (C=O) groups is 1. The molecule has 0 spiro atoms. The summed E-state index contributed by atoms with van der Waals surface area (Å²) in [6.07, 6.45) is 0.477. The zero-order chi connectivity index (χ0) is 11.8. The van der Waals surface area contributed by atoms with Crippen molar-refractivity contribution >= 4 is 11.9 Å². The van der Waals surface area contributed by atoms with Gasteiger partial charge < -0.3 is 5.73 Å². The van der Waals surface area contributed by atoms with Gasteiger partial charge in [-0.15, -0.1) is 0 Å². The number of nitrogens with zero attached hydrogens (tertiary/aromatic N) is 1. The molecular formula is C11H12FN3O. The number of guanidine groups is 1. The minimum atomic E-state index is -1.00. The van der Waals surface area contributed by atoms with Gasteiger partial charge in [0.15, 0.2) is 11.5 Å². The summed E-state index contributed by atoms with van der Waals surface area (Å²) in [4.78, 5) is 16.0. The third-order valence-electron chi connectivity index (χ3n) is 2.76. The molecule has 2 rings (SSSR count). The van der Waals surface area contributed by atoms with Crippen LogP contribution in [-0.4, -0.2) is 11.9 Å². The molecule has 1 aliphatic heterocycles. The first-order chi connectivity index (χ1) is 7.58. The first-order valence-electron chi connectivity index (χ1n) is 5.01. The Morgan fingerprint density at radius 3 is 2.50 bits per heavy atom. The van der Waals surface area contributed by atoms with E-state index in [1.54, 1.807) is 12.1 Å². The largest absolute Gasteiger partial charge is 0.370 e. The van der Waals surface area contributed by atoms with E-state index >= 15 is 0 Å². The Hall–Kier alpha value is -1.91. The second kappa shape index (κ2) is 3.59. The van der Waals surface area contributed by atoms with Crippen molar-refractivity contribution in [3.63, 3.8) is 0 Å². The summed E-state index contributed by atoms with van der Waals surface area (Å²) >= 11 is 0. The Morgan fingerprint density at radius 1 is 1.44 bits per heavy atom. The smallest absolute Gasteiger partial charge is 0.259 e. The van der Waals surface area contributed by atoms with Crippen LogP contribution in [-0.2, 0) is 10.3 Å². The van der Waals surface area contributed by atoms with Crippen LogP contribution < -0.4 is 11.1 Å². The van der Waals surface area contributed by atoms with Crippen LogP contribution in [0.5, 0.6) is 0 Å². The van der Waals surface area contributed by atoms with Crippen molar-refractivity contribution in [2.24, 2.45) is 10.7 Å². The van der Waals surface area contributed by atoms with Crippen LogP contribution in [0.25, 0.3) is 0 Å². The van der Waals surface area contributed by atoms with Crippen LogP contribution >= 0.6 is 0 Å². The fourth-order valence-corrected chi connectivity index (χ4v) is 1.87. The van der Waals surface area contributed by atoms with E-state index in [2.05, 4.69) is 10.3 Å². The highest BCUT2D eigenvalue weighted by atomic mass is 19.1. The highest BCUT2D eigenvalue weighted by molar-refractivity contribution is 6.07. The fraction of sp³-hybridized carbons (Fsp3) is 0.273. The SMILES string of the molecule is CCC1(c2ccc(F)cc2)N=C(N)NC1=O. The summed E-state index contributed by atoms with van der Waals surface area (Å²) in [5.41, 5.74) is 5.13. The van der Waals surface area contributed by atoms with E-state index in [0.717, 1.165) is 0 Å². The molecular weight excluding hydrogens is 209 g/mol. The van der Waals surface area contributed by atoms with E-state index in [1.807, 2.05) is 6.92 Å². The standard InChI is InChI=1S/C11H12FN3O/c1-2-11(9(16)14-10(13)15-11)7-3-5-8(12)6-4-7/h3-6H,2H2,1H3,(H3,13,14,15,16). The molecule has 1 unspecified atom stereocenters. The van der Waals surface area contributed by atoms with Gasteiger partial charge in [-0.3, -0.25) is 10.1 Å². The lowest BCUT2D eigenvalue weighted by Gasteiger charge is -2.21. The highest BCUT2D eigenvalue weighted by Crippen LogP contribution is 2.32. The molecule has 1 aliphatic rings. The molecule has 5 heteroatoms. The van der Waals surface area contributed by atoms with Gasteiger partial charge in [0.1, 0.15) is 5.82 Å². The predicted octanol–water partition coefficient (Wildman–Crippen LogP) is 0.875. The van der Waals surface area contributed by atoms with Crippen LogP contribution in [0.1, 0.15) is 18.9 Å². The van der Waals surface area contributed by atoms with Gasteiger partial charge in [-0.25, -0.2) is 9.38 Å². The molecule has 1 heterocycles. The highest BCUT2D eigenvalue weighted by Gasteiger charge is 2.43. The number of halogens is 1. The van der Waals surface area contributed by atoms with Gasteiger partial charge in [-0.2, -0.15) is 0 Å². The van der Waals surface area contributed by atoms with E-state index in [4.69, 9.17) is 5.73 Å². The van der Waals surface area contributed by atoms with Crippen molar-refractivity contribution in [3.8, 4) is 0 Å². The maximum atomic E-state index is 12.8. The zero-order valence-corrected chi connectivity index (χ0v) is 8.83. The van der Waals surface area contributed by atoms with E-state index < -0.39 is 5.54 Å². The average molecular weight is 221 g/mol. The molecule has 0 radical (unpaired) electrons. The minimum absolute atomic E-state index is 0.108. The third-order valence-corrected chi connectivity index (χ3v) is 2.76. The van der Waals surface area contributed by atoms with Crippen molar-refractivity contribution in [1.29, 1.82) is 0 Å². The number of aliphatic imine (C=N–C) groups is 1. The molecule has 0 aromatic heterocycles. The van der Waals surface area contributed by atoms with Gasteiger partial charge in [0, 0.05) is 0 Å². The molecule has 16 heavy (non-hydrogen) atoms. The van der Waals surface area contributed by atoms with Crippen LogP contribution in [0.2, 0.25) is 0 Å². The predicted molar refractivity (Wildman–Crippen MR) is 58.1 cm³/mol.